The fourth-order valence-corrected chi connectivity index (χ4v) is 2.62. The minimum absolute atomic E-state index is 0.272. The summed E-state index contributed by atoms with van der Waals surface area (Å²) in [5, 5.41) is 3.46. The van der Waals surface area contributed by atoms with Crippen LogP contribution in [0.25, 0.3) is 11.3 Å². The van der Waals surface area contributed by atoms with Crippen LogP contribution in [0.3, 0.4) is 0 Å². The quantitative estimate of drug-likeness (QED) is 0.811. The molecule has 1 N–H and O–H groups in total. The van der Waals surface area contributed by atoms with E-state index in [1.54, 1.807) is 12.3 Å². The highest BCUT2D eigenvalue weighted by atomic mass is 79.9. The number of benzene rings is 1. The summed E-state index contributed by atoms with van der Waals surface area (Å²) in [6.45, 7) is 1.00. The minimum Gasteiger partial charge on any atom is -0.441 e. The van der Waals surface area contributed by atoms with Crippen molar-refractivity contribution in [3.05, 3.63) is 40.6 Å². The molecule has 0 saturated heterocycles. The Labute approximate surface area is 125 Å². The molecule has 0 aliphatic heterocycles. The topological polar surface area (TPSA) is 38.1 Å². The highest BCUT2D eigenvalue weighted by Crippen LogP contribution is 2.29. The second-order valence-electron chi connectivity index (χ2n) is 5.07. The molecular formula is C15H16BrFN2O. The summed E-state index contributed by atoms with van der Waals surface area (Å²) in [6, 6.07) is 5.28. The summed E-state index contributed by atoms with van der Waals surface area (Å²) in [7, 11) is 0. The predicted molar refractivity (Wildman–Crippen MR) is 78.9 cm³/mol. The molecule has 0 radical (unpaired) electrons. The summed E-state index contributed by atoms with van der Waals surface area (Å²) in [5.41, 5.74) is 0.821. The highest BCUT2D eigenvalue weighted by Gasteiger charge is 2.19. The van der Waals surface area contributed by atoms with Crippen LogP contribution in [0.1, 0.15) is 25.2 Å². The van der Waals surface area contributed by atoms with Gasteiger partial charge in [-0.1, -0.05) is 0 Å². The van der Waals surface area contributed by atoms with Crippen LogP contribution in [0.2, 0.25) is 0 Å². The number of nitrogens with one attached hydrogen (secondary N) is 1. The van der Waals surface area contributed by atoms with Gasteiger partial charge in [0.2, 0.25) is 0 Å². The Morgan fingerprint density at radius 1 is 1.40 bits per heavy atom. The maximum atomic E-state index is 13.1. The molecule has 1 aliphatic carbocycles. The molecule has 5 heteroatoms. The number of oxazole rings is 1. The van der Waals surface area contributed by atoms with E-state index in [4.69, 9.17) is 4.42 Å². The van der Waals surface area contributed by atoms with E-state index in [1.165, 1.54) is 25.0 Å². The molecule has 0 unspecified atom stereocenters. The summed E-state index contributed by atoms with van der Waals surface area (Å²) >= 11 is 3.34. The first-order chi connectivity index (χ1) is 9.72. The van der Waals surface area contributed by atoms with Crippen molar-refractivity contribution in [3.8, 4) is 11.3 Å². The van der Waals surface area contributed by atoms with E-state index < -0.39 is 0 Å². The molecule has 1 aliphatic rings. The monoisotopic (exact) mass is 338 g/mol. The van der Waals surface area contributed by atoms with Gasteiger partial charge in [0, 0.05) is 22.5 Å². The van der Waals surface area contributed by atoms with E-state index >= 15 is 0 Å². The van der Waals surface area contributed by atoms with Crippen LogP contribution < -0.4 is 5.32 Å². The van der Waals surface area contributed by atoms with Gasteiger partial charge in [-0.25, -0.2) is 9.37 Å². The van der Waals surface area contributed by atoms with Crippen LogP contribution in [0, 0.1) is 5.82 Å². The van der Waals surface area contributed by atoms with Crippen LogP contribution in [-0.4, -0.2) is 17.6 Å². The van der Waals surface area contributed by atoms with Crippen molar-refractivity contribution in [2.45, 2.75) is 31.7 Å². The lowest BCUT2D eigenvalue weighted by Gasteiger charge is -2.01. The lowest BCUT2D eigenvalue weighted by Crippen LogP contribution is -2.17. The van der Waals surface area contributed by atoms with Gasteiger partial charge in [0.05, 0.1) is 6.20 Å². The van der Waals surface area contributed by atoms with Gasteiger partial charge in [-0.2, -0.15) is 0 Å². The van der Waals surface area contributed by atoms with Crippen molar-refractivity contribution in [2.75, 3.05) is 6.54 Å². The number of aryl methyl sites for hydroxylation is 1. The Hall–Kier alpha value is -1.20. The zero-order valence-electron chi connectivity index (χ0n) is 11.0. The van der Waals surface area contributed by atoms with Crippen LogP contribution in [-0.2, 0) is 6.42 Å². The molecular weight excluding hydrogens is 323 g/mol. The van der Waals surface area contributed by atoms with Crippen molar-refractivity contribution < 1.29 is 8.81 Å². The van der Waals surface area contributed by atoms with Crippen LogP contribution >= 0.6 is 15.9 Å². The average molecular weight is 339 g/mol. The molecule has 0 amide bonds. The summed E-state index contributed by atoms with van der Waals surface area (Å²) in [5.74, 6) is 1.13. The number of rotatable bonds is 6. The van der Waals surface area contributed by atoms with Gasteiger partial charge < -0.3 is 9.73 Å². The van der Waals surface area contributed by atoms with Crippen molar-refractivity contribution in [1.82, 2.24) is 10.3 Å². The summed E-state index contributed by atoms with van der Waals surface area (Å²) < 4.78 is 19.5. The van der Waals surface area contributed by atoms with Crippen molar-refractivity contribution >= 4 is 15.9 Å². The first-order valence-electron chi connectivity index (χ1n) is 6.86. The molecule has 106 valence electrons. The zero-order chi connectivity index (χ0) is 13.9. The Morgan fingerprint density at radius 2 is 2.25 bits per heavy atom. The first kappa shape index (κ1) is 13.8. The largest absolute Gasteiger partial charge is 0.441 e. The fraction of sp³-hybridized carbons (Fsp3) is 0.400. The molecule has 0 atom stereocenters. The molecule has 3 rings (SSSR count). The van der Waals surface area contributed by atoms with E-state index in [2.05, 4.69) is 26.2 Å². The van der Waals surface area contributed by atoms with Gasteiger partial charge in [0.15, 0.2) is 11.7 Å². The smallest absolute Gasteiger partial charge is 0.194 e. The molecule has 1 saturated carbocycles. The lowest BCUT2D eigenvalue weighted by atomic mass is 10.2. The second-order valence-corrected chi connectivity index (χ2v) is 5.93. The molecule has 2 aromatic rings. The number of hydrogen-bond donors (Lipinski definition) is 1. The number of hydrogen-bond acceptors (Lipinski definition) is 3. The summed E-state index contributed by atoms with van der Waals surface area (Å²) in [4.78, 5) is 4.28. The lowest BCUT2D eigenvalue weighted by molar-refractivity contribution is 0.491. The maximum absolute atomic E-state index is 13.1. The van der Waals surface area contributed by atoms with E-state index in [0.29, 0.717) is 10.2 Å². The number of nitrogens with zero attached hydrogens (tertiary/aromatic N) is 1. The van der Waals surface area contributed by atoms with E-state index in [9.17, 15) is 4.39 Å². The SMILES string of the molecule is Fc1ccc(-c2cnc(CCCNC3CC3)o2)c(Br)c1. The van der Waals surface area contributed by atoms with Gasteiger partial charge in [0.25, 0.3) is 0 Å². The van der Waals surface area contributed by atoms with Crippen molar-refractivity contribution in [1.29, 1.82) is 0 Å². The maximum Gasteiger partial charge on any atom is 0.194 e. The van der Waals surface area contributed by atoms with E-state index in [0.717, 1.165) is 36.9 Å². The minimum atomic E-state index is -0.272. The Balaban J connectivity index is 1.60. The molecule has 3 nitrogen and oxygen atoms in total. The van der Waals surface area contributed by atoms with Gasteiger partial charge in [-0.3, -0.25) is 0 Å². The summed E-state index contributed by atoms with van der Waals surface area (Å²) in [6.07, 6.45) is 6.14. The first-order valence-corrected chi connectivity index (χ1v) is 7.65. The third kappa shape index (κ3) is 3.46. The van der Waals surface area contributed by atoms with Gasteiger partial charge in [-0.05, 0) is 59.9 Å². The molecule has 1 heterocycles. The van der Waals surface area contributed by atoms with E-state index in [-0.39, 0.29) is 5.82 Å². The normalized spacial score (nSPS) is 14.7. The molecule has 0 spiro atoms. The average Bonchev–Trinajstić information content (AvgIpc) is 3.13. The molecule has 20 heavy (non-hydrogen) atoms. The van der Waals surface area contributed by atoms with Crippen molar-refractivity contribution in [3.63, 3.8) is 0 Å². The molecule has 1 fully saturated rings. The Morgan fingerprint density at radius 3 is 3.00 bits per heavy atom. The molecule has 1 aromatic carbocycles. The van der Waals surface area contributed by atoms with Crippen LogP contribution in [0.15, 0.2) is 33.3 Å². The fourth-order valence-electron chi connectivity index (χ4n) is 2.07. The van der Waals surface area contributed by atoms with Gasteiger partial charge in [0.1, 0.15) is 5.82 Å². The Bertz CT molecular complexity index is 595. The predicted octanol–water partition coefficient (Wildman–Crippen LogP) is 3.93. The third-order valence-electron chi connectivity index (χ3n) is 3.33. The van der Waals surface area contributed by atoms with Crippen LogP contribution in [0.5, 0.6) is 0 Å². The van der Waals surface area contributed by atoms with Crippen LogP contribution in [0.4, 0.5) is 4.39 Å². The van der Waals surface area contributed by atoms with Gasteiger partial charge in [-0.15, -0.1) is 0 Å². The van der Waals surface area contributed by atoms with Gasteiger partial charge >= 0.3 is 0 Å². The third-order valence-corrected chi connectivity index (χ3v) is 3.98. The second kappa shape index (κ2) is 6.06. The van der Waals surface area contributed by atoms with Crippen molar-refractivity contribution in [2.24, 2.45) is 0 Å². The van der Waals surface area contributed by atoms with E-state index in [1.807, 2.05) is 0 Å². The highest BCUT2D eigenvalue weighted by molar-refractivity contribution is 9.10. The molecule has 1 aromatic heterocycles. The Kier molecular flexibility index (Phi) is 4.17. The zero-order valence-corrected chi connectivity index (χ0v) is 12.6. The standard InChI is InChI=1S/C15H16BrFN2O/c16-13-8-10(17)3-6-12(13)14-9-19-15(20-14)2-1-7-18-11-4-5-11/h3,6,8-9,11,18H,1-2,4-5,7H2. The number of aromatic nitrogens is 1. The number of halogens is 2. The molecule has 0 bridgehead atoms.